The van der Waals surface area contributed by atoms with Crippen LogP contribution < -0.4 is 0 Å². The van der Waals surface area contributed by atoms with Crippen molar-refractivity contribution in [3.05, 3.63) is 6.92 Å². The van der Waals surface area contributed by atoms with E-state index < -0.39 is 16.5 Å². The Kier molecular flexibility index (Phi) is 3.41. The molecule has 1 radical (unpaired) electrons. The van der Waals surface area contributed by atoms with Gasteiger partial charge in [0.05, 0.1) is 0 Å². The second kappa shape index (κ2) is 3.87. The van der Waals surface area contributed by atoms with Gasteiger partial charge in [-0.25, -0.2) is 0 Å². The van der Waals surface area contributed by atoms with Gasteiger partial charge in [-0.3, -0.25) is 0 Å². The van der Waals surface area contributed by atoms with Crippen molar-refractivity contribution in [1.29, 1.82) is 0 Å². The van der Waals surface area contributed by atoms with Crippen LogP contribution in [0.1, 0.15) is 12.8 Å². The van der Waals surface area contributed by atoms with Gasteiger partial charge in [0.1, 0.15) is 16.5 Å². The first kappa shape index (κ1) is 11.5. The molecule has 77 valence electrons. The number of rotatable bonds is 3. The smallest absolute Gasteiger partial charge is 0.115 e. The Labute approximate surface area is 85.7 Å². The maximum Gasteiger partial charge on any atom is 0.115 e. The molecule has 0 aromatic rings. The number of unbranched alkanes of at least 4 members (excludes halogenated alkanes) is 1. The van der Waals surface area contributed by atoms with E-state index in [1.807, 2.05) is 0 Å². The zero-order valence-electron chi connectivity index (χ0n) is 9.69. The fourth-order valence-corrected chi connectivity index (χ4v) is 16.8. The molecule has 0 aromatic carbocycles. The first-order chi connectivity index (χ1) is 5.90. The summed E-state index contributed by atoms with van der Waals surface area (Å²) < 4.78 is 2.94. The van der Waals surface area contributed by atoms with E-state index in [1.54, 1.807) is 0 Å². The largest absolute Gasteiger partial charge is 0.345 e. The van der Waals surface area contributed by atoms with Crippen molar-refractivity contribution in [2.24, 2.45) is 0 Å². The van der Waals surface area contributed by atoms with Crippen molar-refractivity contribution in [2.75, 3.05) is 6.54 Å². The molecule has 0 saturated carbocycles. The van der Waals surface area contributed by atoms with Gasteiger partial charge in [-0.05, 0) is 25.1 Å². The van der Waals surface area contributed by atoms with Crippen molar-refractivity contribution in [3.63, 3.8) is 0 Å². The van der Waals surface area contributed by atoms with Crippen LogP contribution in [0.2, 0.25) is 38.3 Å². The van der Waals surface area contributed by atoms with Crippen LogP contribution in [0.5, 0.6) is 0 Å². The van der Waals surface area contributed by atoms with Gasteiger partial charge < -0.3 is 4.23 Å². The van der Waals surface area contributed by atoms with Crippen molar-refractivity contribution in [3.8, 4) is 0 Å². The monoisotopic (exact) mass is 214 g/mol. The number of hydrogen-bond donors (Lipinski definition) is 0. The second-order valence-corrected chi connectivity index (χ2v) is 15.3. The lowest BCUT2D eigenvalue weighted by atomic mass is 10.3. The van der Waals surface area contributed by atoms with Gasteiger partial charge in [0.15, 0.2) is 0 Å². The summed E-state index contributed by atoms with van der Waals surface area (Å²) in [7, 11) is -1.95. The second-order valence-electron chi connectivity index (χ2n) is 5.48. The molecule has 1 saturated heterocycles. The third-order valence-corrected chi connectivity index (χ3v) is 13.9. The molecule has 0 aliphatic carbocycles. The molecule has 1 aliphatic rings. The molecule has 0 atom stereocenters. The Morgan fingerprint density at radius 1 is 1.08 bits per heavy atom. The average molecular weight is 214 g/mol. The lowest BCUT2D eigenvalue weighted by Crippen LogP contribution is -2.55. The van der Waals surface area contributed by atoms with Crippen molar-refractivity contribution >= 4 is 16.5 Å². The summed E-state index contributed by atoms with van der Waals surface area (Å²) in [6.45, 7) is 15.4. The minimum atomic E-state index is -0.975. The fourth-order valence-electron chi connectivity index (χ4n) is 2.58. The van der Waals surface area contributed by atoms with Crippen LogP contribution in [-0.2, 0) is 0 Å². The lowest BCUT2D eigenvalue weighted by Gasteiger charge is -2.38. The van der Waals surface area contributed by atoms with E-state index in [0.717, 1.165) is 6.42 Å². The standard InChI is InChI=1S/C10H24NSi2/c1-6-7-8-11-12(2,3)9-10-13(11,4)5/h1,6-10H2,2-5H3. The molecular formula is C10H24NSi2. The maximum absolute atomic E-state index is 3.95. The Morgan fingerprint density at radius 3 is 1.92 bits per heavy atom. The quantitative estimate of drug-likeness (QED) is 0.652. The molecule has 0 unspecified atom stereocenters. The summed E-state index contributed by atoms with van der Waals surface area (Å²) in [6, 6.07) is 3.06. The number of nitrogens with zero attached hydrogens (tertiary/aromatic N) is 1. The molecule has 0 N–H and O–H groups in total. The number of hydrogen-bond acceptors (Lipinski definition) is 1. The van der Waals surface area contributed by atoms with Crippen LogP contribution >= 0.6 is 0 Å². The zero-order valence-corrected chi connectivity index (χ0v) is 11.7. The topological polar surface area (TPSA) is 3.24 Å². The van der Waals surface area contributed by atoms with Gasteiger partial charge in [0.25, 0.3) is 0 Å². The Bertz CT molecular complexity index is 162. The van der Waals surface area contributed by atoms with Crippen LogP contribution in [0.3, 0.4) is 0 Å². The van der Waals surface area contributed by atoms with E-state index in [-0.39, 0.29) is 0 Å². The van der Waals surface area contributed by atoms with E-state index in [2.05, 4.69) is 37.3 Å². The molecular weight excluding hydrogens is 190 g/mol. The van der Waals surface area contributed by atoms with E-state index in [9.17, 15) is 0 Å². The molecule has 1 rings (SSSR count). The van der Waals surface area contributed by atoms with Gasteiger partial charge in [-0.2, -0.15) is 0 Å². The summed E-state index contributed by atoms with van der Waals surface area (Å²) in [5, 5.41) is 0. The van der Waals surface area contributed by atoms with Crippen LogP contribution in [0.15, 0.2) is 0 Å². The molecule has 3 heteroatoms. The molecule has 1 fully saturated rings. The van der Waals surface area contributed by atoms with E-state index in [0.29, 0.717) is 0 Å². The molecule has 1 aliphatic heterocycles. The van der Waals surface area contributed by atoms with Crippen LogP contribution in [-0.4, -0.2) is 27.2 Å². The summed E-state index contributed by atoms with van der Waals surface area (Å²) >= 11 is 0. The molecule has 1 nitrogen and oxygen atoms in total. The van der Waals surface area contributed by atoms with Gasteiger partial charge in [-0.1, -0.05) is 39.5 Å². The summed E-state index contributed by atoms with van der Waals surface area (Å²) in [6.07, 6.45) is 2.40. The van der Waals surface area contributed by atoms with Gasteiger partial charge >= 0.3 is 0 Å². The summed E-state index contributed by atoms with van der Waals surface area (Å²) in [5.41, 5.74) is 0. The minimum absolute atomic E-state index is 0.975. The Morgan fingerprint density at radius 2 is 1.54 bits per heavy atom. The van der Waals surface area contributed by atoms with Crippen LogP contribution in [0.4, 0.5) is 0 Å². The highest BCUT2D eigenvalue weighted by atomic mass is 28.4. The SMILES string of the molecule is [CH2]CCCN1[Si](C)(C)CC[Si]1(C)C. The zero-order chi connectivity index (χ0) is 10.1. The molecule has 0 aromatic heterocycles. The third-order valence-electron chi connectivity index (χ3n) is 3.44. The fraction of sp³-hybridized carbons (Fsp3) is 0.900. The first-order valence-corrected chi connectivity index (χ1v) is 11.8. The minimum Gasteiger partial charge on any atom is -0.345 e. The highest BCUT2D eigenvalue weighted by Crippen LogP contribution is 2.36. The van der Waals surface area contributed by atoms with Gasteiger partial charge in [0, 0.05) is 0 Å². The summed E-state index contributed by atoms with van der Waals surface area (Å²) in [5.74, 6) is 0. The first-order valence-electron chi connectivity index (χ1n) is 5.47. The molecule has 13 heavy (non-hydrogen) atoms. The van der Waals surface area contributed by atoms with Crippen molar-refractivity contribution in [1.82, 2.24) is 4.23 Å². The lowest BCUT2D eigenvalue weighted by molar-refractivity contribution is 0.594. The summed E-state index contributed by atoms with van der Waals surface area (Å²) in [4.78, 5) is 0. The molecule has 0 bridgehead atoms. The van der Waals surface area contributed by atoms with Crippen molar-refractivity contribution < 1.29 is 0 Å². The average Bonchev–Trinajstić information content (AvgIpc) is 2.20. The molecule has 1 heterocycles. The molecule has 0 spiro atoms. The van der Waals surface area contributed by atoms with E-state index >= 15 is 0 Å². The van der Waals surface area contributed by atoms with Crippen LogP contribution in [0.25, 0.3) is 0 Å². The Hall–Kier alpha value is 0.394. The van der Waals surface area contributed by atoms with Gasteiger partial charge in [-0.15, -0.1) is 0 Å². The van der Waals surface area contributed by atoms with Gasteiger partial charge in [0.2, 0.25) is 0 Å². The maximum atomic E-state index is 3.95. The normalized spacial score (nSPS) is 26.5. The van der Waals surface area contributed by atoms with Crippen molar-refractivity contribution in [2.45, 2.75) is 51.1 Å². The Balaban J connectivity index is 2.64. The van der Waals surface area contributed by atoms with Crippen LogP contribution in [0, 0.1) is 6.92 Å². The predicted octanol–water partition coefficient (Wildman–Crippen LogP) is 3.33. The van der Waals surface area contributed by atoms with E-state index in [4.69, 9.17) is 0 Å². The molecule has 0 amide bonds. The predicted molar refractivity (Wildman–Crippen MR) is 65.9 cm³/mol. The highest BCUT2D eigenvalue weighted by Gasteiger charge is 2.46. The van der Waals surface area contributed by atoms with E-state index in [1.165, 1.54) is 25.1 Å². The third kappa shape index (κ3) is 2.45. The highest BCUT2D eigenvalue weighted by molar-refractivity contribution is 6.95.